The Morgan fingerprint density at radius 1 is 0.655 bits per heavy atom. The van der Waals surface area contributed by atoms with Gasteiger partial charge in [0, 0.05) is 75.9 Å². The Morgan fingerprint density at radius 3 is 1.85 bits per heavy atom. The van der Waals surface area contributed by atoms with Crippen LogP contribution in [-0.2, 0) is 87.5 Å². The number of hydrogen-bond acceptors (Lipinski definition) is 13. The molecule has 3 N–H and O–H groups in total. The number of rotatable bonds is 14. The van der Waals surface area contributed by atoms with Gasteiger partial charge in [0.2, 0.25) is 70.9 Å². The molecular formula is C75H100F10N12O13. The first kappa shape index (κ1) is 86.7. The Hall–Kier alpha value is -8.92. The maximum absolute atomic E-state index is 15.5. The minimum Gasteiger partial charge on any atom is -0.370 e. The Balaban J connectivity index is 1.23. The molecule has 0 aromatic heterocycles. The van der Waals surface area contributed by atoms with Gasteiger partial charge in [-0.05, 0) is 124 Å². The second kappa shape index (κ2) is 36.5. The Bertz CT molecular complexity index is 3740. The molecule has 0 radical (unpaired) electrons. The van der Waals surface area contributed by atoms with Gasteiger partial charge in [-0.25, -0.2) is 17.6 Å². The van der Waals surface area contributed by atoms with Crippen molar-refractivity contribution < 1.29 is 106 Å². The minimum absolute atomic E-state index is 0.0353. The molecular weight excluding hydrogens is 1470 g/mol. The van der Waals surface area contributed by atoms with Crippen molar-refractivity contribution in [1.82, 2.24) is 60.0 Å². The molecule has 2 bridgehead atoms. The predicted molar refractivity (Wildman–Crippen MR) is 377 cm³/mol. The van der Waals surface area contributed by atoms with Gasteiger partial charge in [-0.2, -0.15) is 26.3 Å². The number of carbonyl (C=O) groups is 12. The van der Waals surface area contributed by atoms with Crippen LogP contribution in [0, 0.1) is 29.4 Å². The van der Waals surface area contributed by atoms with Crippen molar-refractivity contribution in [1.29, 1.82) is 0 Å². The highest BCUT2D eigenvalue weighted by Crippen LogP contribution is 2.41. The van der Waals surface area contributed by atoms with Crippen molar-refractivity contribution in [2.75, 3.05) is 89.2 Å². The number of benzene rings is 2. The summed E-state index contributed by atoms with van der Waals surface area (Å²) in [4.78, 5) is 190. The number of ether oxygens (including phenoxy) is 1. The molecule has 2 aromatic carbocycles. The first-order valence-electron chi connectivity index (χ1n) is 37.2. The summed E-state index contributed by atoms with van der Waals surface area (Å²) >= 11 is 0. The molecule has 3 aliphatic carbocycles. The quantitative estimate of drug-likeness (QED) is 0.151. The van der Waals surface area contributed by atoms with E-state index in [0.29, 0.717) is 57.1 Å². The molecule has 12 amide bonds. The fraction of sp³-hybridized carbons (Fsp3) is 0.653. The van der Waals surface area contributed by atoms with Crippen molar-refractivity contribution in [2.24, 2.45) is 17.8 Å². The minimum atomic E-state index is -5.51. The summed E-state index contributed by atoms with van der Waals surface area (Å²) < 4.78 is 148. The van der Waals surface area contributed by atoms with E-state index >= 15 is 37.5 Å². The van der Waals surface area contributed by atoms with Gasteiger partial charge in [-0.1, -0.05) is 70.2 Å². The third-order valence-corrected chi connectivity index (χ3v) is 22.4. The standard InChI is InChI=1S/C75H100F10N12O13/c1-11-42(2)61-70(107)91(6)40-59(100)92(7)51-20-13-12-16-32-96(69(51)106)54(37-44-23-26-47(27-24-44)74(80,81)82)68(105)90(5)39-57(98)86-50(28-25-45-34-48(76)60(49(77)35-45)75(83,84)85)66(103)97-33-29-55(110-41-56(78)79)63(97)65(102)88-73(30-17-31-73)72(109)95(10)62(46-18-14-15-19-46)71(108)94(9)53(67(104)89(3)4)38-58(99)93(8)52(64(101)87-61)36-43-21-22-43/h12-13,23-24,26-27,34-35,42-43,46,50-56,61-63H,11,14-22,25,28-33,36-41H2,1-10H3,(H,86,98)(H,87,101)(H,88,102)/b13-12-/t42-,50-,51-,52-,53-,54-,55-,61-,62-,63-/m0/s1. The topological polar surface area (TPSA) is 279 Å². The van der Waals surface area contributed by atoms with Crippen molar-refractivity contribution in [3.05, 3.63) is 82.4 Å². The molecule has 35 heteroatoms. The van der Waals surface area contributed by atoms with Gasteiger partial charge in [-0.3, -0.25) is 57.5 Å². The van der Waals surface area contributed by atoms with Crippen LogP contribution >= 0.6 is 0 Å². The summed E-state index contributed by atoms with van der Waals surface area (Å²) in [5, 5.41) is 8.02. The summed E-state index contributed by atoms with van der Waals surface area (Å²) in [6, 6.07) is -8.35. The van der Waals surface area contributed by atoms with Gasteiger partial charge in [0.05, 0.1) is 31.2 Å². The largest absolute Gasteiger partial charge is 0.422 e. The molecule has 110 heavy (non-hydrogen) atoms. The number of fused-ring (bicyclic) bond motifs is 3. The summed E-state index contributed by atoms with van der Waals surface area (Å²) in [6.07, 6.45) is -11.0. The fourth-order valence-corrected chi connectivity index (χ4v) is 15.3. The van der Waals surface area contributed by atoms with E-state index in [4.69, 9.17) is 4.74 Å². The molecule has 1 spiro atoms. The molecule has 10 atom stereocenters. The van der Waals surface area contributed by atoms with Crippen molar-refractivity contribution in [2.45, 2.75) is 208 Å². The smallest absolute Gasteiger partial charge is 0.370 e. The monoisotopic (exact) mass is 1570 g/mol. The number of carbonyl (C=O) groups excluding carboxylic acids is 12. The molecule has 2 aromatic rings. The van der Waals surface area contributed by atoms with Crippen LogP contribution in [0.5, 0.6) is 0 Å². The lowest BCUT2D eigenvalue weighted by atomic mass is 9.74. The highest BCUT2D eigenvalue weighted by molar-refractivity contribution is 6.01. The normalized spacial score (nSPS) is 26.5. The number of alkyl halides is 8. The number of halogens is 10. The van der Waals surface area contributed by atoms with E-state index < -0.39 is 242 Å². The zero-order valence-electron chi connectivity index (χ0n) is 63.5. The average molecular weight is 1570 g/mol. The molecule has 6 aliphatic rings. The van der Waals surface area contributed by atoms with Gasteiger partial charge in [0.1, 0.15) is 77.7 Å². The SMILES string of the molecule is CC[C@H](C)[C@@H]1NC(=O)[C@H](CC2CC2)N(C)C(=O)C[C@@H](C(=O)N(C)C)N(C)C(=O)[C@H](C2CCCC2)N(C)C(=O)C2(CCC2)NC(=O)[C@@H]2[C@@H](OCC(F)F)CCN2C(=O)[C@H](CCc2cc(F)c(C(F)(F)F)c(F)c2)NC(=O)CN(C)C(=O)[C@H](Cc2ccc(C(F)(F)F)cc2)N2CC/C=C\C[C@@H](C2=O)N(C)C(=O)CN(C)C1=O. The van der Waals surface area contributed by atoms with Gasteiger partial charge >= 0.3 is 12.4 Å². The third-order valence-electron chi connectivity index (χ3n) is 22.4. The Kier molecular flexibility index (Phi) is 28.8. The molecule has 3 aliphatic heterocycles. The van der Waals surface area contributed by atoms with Crippen molar-refractivity contribution in [3.63, 3.8) is 0 Å². The molecule has 5 fully saturated rings. The number of amides is 12. The maximum atomic E-state index is 15.5. The lowest BCUT2D eigenvalue weighted by molar-refractivity contribution is -0.158. The molecule has 0 unspecified atom stereocenters. The summed E-state index contributed by atoms with van der Waals surface area (Å²) in [7, 11) is 10.4. The highest BCUT2D eigenvalue weighted by Gasteiger charge is 2.55. The lowest BCUT2D eigenvalue weighted by Gasteiger charge is -2.47. The number of aryl methyl sites for hydroxylation is 1. The molecule has 608 valence electrons. The van der Waals surface area contributed by atoms with Gasteiger partial charge in [0.15, 0.2) is 0 Å². The molecule has 25 nitrogen and oxygen atoms in total. The second-order valence-electron chi connectivity index (χ2n) is 30.3. The van der Waals surface area contributed by atoms with Crippen LogP contribution < -0.4 is 16.0 Å². The van der Waals surface area contributed by atoms with Crippen LogP contribution in [-0.4, -0.2) is 271 Å². The summed E-state index contributed by atoms with van der Waals surface area (Å²) in [6.45, 7) is -0.396. The van der Waals surface area contributed by atoms with E-state index in [2.05, 4.69) is 16.0 Å². The fourth-order valence-electron chi connectivity index (χ4n) is 15.3. The molecule has 8 rings (SSSR count). The van der Waals surface area contributed by atoms with Crippen molar-refractivity contribution >= 4 is 70.9 Å². The molecule has 2 saturated heterocycles. The maximum Gasteiger partial charge on any atom is 0.422 e. The number of hydrogen-bond donors (Lipinski definition) is 3. The van der Waals surface area contributed by atoms with E-state index in [0.717, 1.165) is 75.4 Å². The number of likely N-dealkylation sites (N-methyl/N-ethyl adjacent to an activating group) is 7. The third kappa shape index (κ3) is 20.6. The second-order valence-corrected chi connectivity index (χ2v) is 30.3. The van der Waals surface area contributed by atoms with Crippen LogP contribution in [0.1, 0.15) is 139 Å². The Morgan fingerprint density at radius 2 is 1.28 bits per heavy atom. The lowest BCUT2D eigenvalue weighted by Crippen LogP contribution is -2.69. The van der Waals surface area contributed by atoms with Crippen molar-refractivity contribution in [3.8, 4) is 0 Å². The first-order chi connectivity index (χ1) is 51.6. The van der Waals surface area contributed by atoms with E-state index in [1.165, 1.54) is 49.3 Å². The molecule has 3 saturated carbocycles. The van der Waals surface area contributed by atoms with Crippen LogP contribution in [0.25, 0.3) is 0 Å². The van der Waals surface area contributed by atoms with E-state index in [1.807, 2.05) is 0 Å². The van der Waals surface area contributed by atoms with Crippen LogP contribution in [0.2, 0.25) is 0 Å². The summed E-state index contributed by atoms with van der Waals surface area (Å²) in [5.74, 6) is -16.3. The van der Waals surface area contributed by atoms with Gasteiger partial charge in [-0.15, -0.1) is 0 Å². The number of nitrogens with one attached hydrogen (secondary N) is 3. The van der Waals surface area contributed by atoms with E-state index in [-0.39, 0.29) is 63.0 Å². The van der Waals surface area contributed by atoms with E-state index in [9.17, 15) is 63.9 Å². The van der Waals surface area contributed by atoms with E-state index in [1.54, 1.807) is 26.0 Å². The predicted octanol–water partition coefficient (Wildman–Crippen LogP) is 5.74. The Labute approximate surface area is 632 Å². The zero-order valence-corrected chi connectivity index (χ0v) is 63.5. The zero-order chi connectivity index (χ0) is 81.3. The van der Waals surface area contributed by atoms with Crippen LogP contribution in [0.3, 0.4) is 0 Å². The average Bonchev–Trinajstić information content (AvgIpc) is 1.12. The molecule has 3 heterocycles. The van der Waals surface area contributed by atoms with Crippen LogP contribution in [0.15, 0.2) is 48.6 Å². The highest BCUT2D eigenvalue weighted by atomic mass is 19.4. The van der Waals surface area contributed by atoms with Gasteiger partial charge < -0.3 is 64.8 Å². The number of nitrogens with zero attached hydrogens (tertiary/aromatic N) is 9. The van der Waals surface area contributed by atoms with Gasteiger partial charge in [0.25, 0.3) is 6.43 Å². The summed E-state index contributed by atoms with van der Waals surface area (Å²) in [5.41, 5.74) is -5.62. The van der Waals surface area contributed by atoms with Crippen LogP contribution in [0.4, 0.5) is 43.9 Å². The first-order valence-corrected chi connectivity index (χ1v) is 37.2.